The lowest BCUT2D eigenvalue weighted by Gasteiger charge is -2.19. The van der Waals surface area contributed by atoms with Gasteiger partial charge in [-0.2, -0.15) is 0 Å². The first-order valence-corrected chi connectivity index (χ1v) is 7.50. The van der Waals surface area contributed by atoms with Gasteiger partial charge in [0.1, 0.15) is 0 Å². The minimum absolute atomic E-state index is 0.106. The van der Waals surface area contributed by atoms with Gasteiger partial charge in [0.05, 0.1) is 6.04 Å². The minimum Gasteiger partial charge on any atom is -0.336 e. The highest BCUT2D eigenvalue weighted by atomic mass is 16.1. The number of carbonyl (C=O) groups is 1. The fraction of sp³-hybridized carbons (Fsp3) is 0.562. The molecule has 0 atom stereocenters. The number of nitrogens with two attached hydrogens (primary N) is 1. The molecule has 1 fully saturated rings. The Morgan fingerprint density at radius 1 is 1.21 bits per heavy atom. The summed E-state index contributed by atoms with van der Waals surface area (Å²) < 4.78 is 0. The number of aryl methyl sites for hydroxylation is 1. The van der Waals surface area contributed by atoms with E-state index in [0.29, 0.717) is 12.6 Å². The SMILES string of the molecule is CCc1ccc(NC(=O)C[NH2+]C2CCCCC2)cc1. The van der Waals surface area contributed by atoms with Crippen LogP contribution < -0.4 is 10.6 Å². The minimum atomic E-state index is 0.106. The van der Waals surface area contributed by atoms with Gasteiger partial charge < -0.3 is 10.6 Å². The van der Waals surface area contributed by atoms with Crippen LogP contribution in [0.25, 0.3) is 0 Å². The van der Waals surface area contributed by atoms with Gasteiger partial charge in [-0.3, -0.25) is 4.79 Å². The number of amides is 1. The molecule has 0 heterocycles. The molecular formula is C16H25N2O+. The maximum atomic E-state index is 11.9. The quantitative estimate of drug-likeness (QED) is 0.837. The lowest BCUT2D eigenvalue weighted by molar-refractivity contribution is -0.681. The Balaban J connectivity index is 1.73. The van der Waals surface area contributed by atoms with Gasteiger partial charge in [-0.15, -0.1) is 0 Å². The second-order valence-electron chi connectivity index (χ2n) is 5.44. The summed E-state index contributed by atoms with van der Waals surface area (Å²) in [5, 5.41) is 5.17. The van der Waals surface area contributed by atoms with Crippen molar-refractivity contribution in [2.75, 3.05) is 11.9 Å². The Labute approximate surface area is 115 Å². The van der Waals surface area contributed by atoms with E-state index in [1.165, 1.54) is 37.7 Å². The number of hydrogen-bond donors (Lipinski definition) is 2. The molecule has 19 heavy (non-hydrogen) atoms. The summed E-state index contributed by atoms with van der Waals surface area (Å²) in [6.45, 7) is 2.67. The zero-order valence-corrected chi connectivity index (χ0v) is 11.8. The van der Waals surface area contributed by atoms with Crippen molar-refractivity contribution >= 4 is 11.6 Å². The number of benzene rings is 1. The zero-order valence-electron chi connectivity index (χ0n) is 11.8. The lowest BCUT2D eigenvalue weighted by atomic mass is 9.95. The third-order valence-corrected chi connectivity index (χ3v) is 3.93. The first-order valence-electron chi connectivity index (χ1n) is 7.50. The highest BCUT2D eigenvalue weighted by Crippen LogP contribution is 2.14. The van der Waals surface area contributed by atoms with E-state index in [4.69, 9.17) is 0 Å². The first kappa shape index (κ1) is 14.1. The molecule has 104 valence electrons. The summed E-state index contributed by atoms with van der Waals surface area (Å²) in [4.78, 5) is 11.9. The molecule has 1 aliphatic rings. The van der Waals surface area contributed by atoms with E-state index < -0.39 is 0 Å². The highest BCUT2D eigenvalue weighted by molar-refractivity contribution is 5.91. The normalized spacial score (nSPS) is 16.3. The Kier molecular flexibility index (Phi) is 5.40. The molecule has 1 aromatic rings. The van der Waals surface area contributed by atoms with Gasteiger partial charge in [0.2, 0.25) is 0 Å². The molecule has 0 aliphatic heterocycles. The van der Waals surface area contributed by atoms with E-state index >= 15 is 0 Å². The summed E-state index contributed by atoms with van der Waals surface area (Å²) >= 11 is 0. The van der Waals surface area contributed by atoms with Crippen molar-refractivity contribution in [3.05, 3.63) is 29.8 Å². The van der Waals surface area contributed by atoms with Crippen LogP contribution in [0, 0.1) is 0 Å². The summed E-state index contributed by atoms with van der Waals surface area (Å²) in [5.41, 5.74) is 2.20. The van der Waals surface area contributed by atoms with Crippen LogP contribution in [-0.4, -0.2) is 18.5 Å². The van der Waals surface area contributed by atoms with E-state index in [1.807, 2.05) is 12.1 Å². The fourth-order valence-electron chi connectivity index (χ4n) is 2.68. The highest BCUT2D eigenvalue weighted by Gasteiger charge is 2.17. The molecule has 0 unspecified atom stereocenters. The van der Waals surface area contributed by atoms with Crippen LogP contribution in [0.2, 0.25) is 0 Å². The molecule has 0 aromatic heterocycles. The van der Waals surface area contributed by atoms with E-state index in [1.54, 1.807) is 0 Å². The Hall–Kier alpha value is -1.35. The molecule has 1 aromatic carbocycles. The fourth-order valence-corrected chi connectivity index (χ4v) is 2.68. The monoisotopic (exact) mass is 261 g/mol. The Morgan fingerprint density at radius 3 is 2.53 bits per heavy atom. The number of rotatable bonds is 5. The van der Waals surface area contributed by atoms with Crippen molar-refractivity contribution in [3.8, 4) is 0 Å². The Morgan fingerprint density at radius 2 is 1.89 bits per heavy atom. The predicted molar refractivity (Wildman–Crippen MR) is 78.1 cm³/mol. The van der Waals surface area contributed by atoms with Crippen molar-refractivity contribution in [3.63, 3.8) is 0 Å². The molecule has 0 saturated heterocycles. The molecule has 3 nitrogen and oxygen atoms in total. The van der Waals surface area contributed by atoms with Crippen molar-refractivity contribution in [1.29, 1.82) is 0 Å². The number of nitrogens with one attached hydrogen (secondary N) is 1. The average molecular weight is 261 g/mol. The van der Waals surface area contributed by atoms with Crippen molar-refractivity contribution in [2.45, 2.75) is 51.5 Å². The van der Waals surface area contributed by atoms with Crippen LogP contribution in [0.1, 0.15) is 44.6 Å². The van der Waals surface area contributed by atoms with Crippen LogP contribution >= 0.6 is 0 Å². The topological polar surface area (TPSA) is 45.7 Å². The van der Waals surface area contributed by atoms with Gasteiger partial charge in [0, 0.05) is 5.69 Å². The summed E-state index contributed by atoms with van der Waals surface area (Å²) in [6.07, 6.45) is 7.56. The maximum Gasteiger partial charge on any atom is 0.279 e. The number of hydrogen-bond acceptors (Lipinski definition) is 1. The second kappa shape index (κ2) is 7.29. The molecule has 3 N–H and O–H groups in total. The third kappa shape index (κ3) is 4.67. The van der Waals surface area contributed by atoms with Gasteiger partial charge >= 0.3 is 0 Å². The molecule has 2 rings (SSSR count). The van der Waals surface area contributed by atoms with Gasteiger partial charge in [0.15, 0.2) is 6.54 Å². The predicted octanol–water partition coefficient (Wildman–Crippen LogP) is 2.08. The zero-order chi connectivity index (χ0) is 13.5. The molecule has 1 amide bonds. The molecule has 3 heteroatoms. The standard InChI is InChI=1S/C16H24N2O/c1-2-13-8-10-15(11-9-13)18-16(19)12-17-14-6-4-3-5-7-14/h8-11,14,17H,2-7,12H2,1H3,(H,18,19)/p+1. The number of quaternary nitrogens is 1. The smallest absolute Gasteiger partial charge is 0.279 e. The number of carbonyl (C=O) groups excluding carboxylic acids is 1. The molecule has 1 aliphatic carbocycles. The maximum absolute atomic E-state index is 11.9. The van der Waals surface area contributed by atoms with Crippen LogP contribution in [0.15, 0.2) is 24.3 Å². The lowest BCUT2D eigenvalue weighted by Crippen LogP contribution is -2.91. The molecular weight excluding hydrogens is 236 g/mol. The molecule has 0 radical (unpaired) electrons. The van der Waals surface area contributed by atoms with Crippen molar-refractivity contribution in [1.82, 2.24) is 0 Å². The van der Waals surface area contributed by atoms with Crippen molar-refractivity contribution in [2.24, 2.45) is 0 Å². The van der Waals surface area contributed by atoms with E-state index in [2.05, 4.69) is 29.7 Å². The van der Waals surface area contributed by atoms with Gasteiger partial charge in [-0.05, 0) is 49.8 Å². The second-order valence-corrected chi connectivity index (χ2v) is 5.44. The first-order chi connectivity index (χ1) is 9.28. The summed E-state index contributed by atoms with van der Waals surface area (Å²) in [7, 11) is 0. The summed E-state index contributed by atoms with van der Waals surface area (Å²) in [6, 6.07) is 8.76. The van der Waals surface area contributed by atoms with E-state index in [0.717, 1.165) is 12.1 Å². The molecule has 0 bridgehead atoms. The Bertz CT molecular complexity index is 394. The number of anilines is 1. The largest absolute Gasteiger partial charge is 0.336 e. The van der Waals surface area contributed by atoms with Gasteiger partial charge in [-0.1, -0.05) is 25.5 Å². The van der Waals surface area contributed by atoms with Crippen LogP contribution in [-0.2, 0) is 11.2 Å². The van der Waals surface area contributed by atoms with Crippen molar-refractivity contribution < 1.29 is 10.1 Å². The average Bonchev–Trinajstić information content (AvgIpc) is 2.47. The molecule has 1 saturated carbocycles. The van der Waals surface area contributed by atoms with E-state index in [9.17, 15) is 4.79 Å². The van der Waals surface area contributed by atoms with Crippen LogP contribution in [0.5, 0.6) is 0 Å². The summed E-state index contributed by atoms with van der Waals surface area (Å²) in [5.74, 6) is 0.106. The third-order valence-electron chi connectivity index (χ3n) is 3.93. The van der Waals surface area contributed by atoms with Gasteiger partial charge in [-0.25, -0.2) is 0 Å². The van der Waals surface area contributed by atoms with E-state index in [-0.39, 0.29) is 5.91 Å². The molecule has 0 spiro atoms. The van der Waals surface area contributed by atoms with Crippen LogP contribution in [0.4, 0.5) is 5.69 Å². The van der Waals surface area contributed by atoms with Gasteiger partial charge in [0.25, 0.3) is 5.91 Å². The van der Waals surface area contributed by atoms with Crippen LogP contribution in [0.3, 0.4) is 0 Å².